The van der Waals surface area contributed by atoms with E-state index in [4.69, 9.17) is 5.73 Å². The van der Waals surface area contributed by atoms with E-state index in [0.29, 0.717) is 35.7 Å². The summed E-state index contributed by atoms with van der Waals surface area (Å²) in [7, 11) is 3.47. The molecule has 1 atom stereocenters. The zero-order valence-electron chi connectivity index (χ0n) is 15.5. The largest absolute Gasteiger partial charge is 0.342 e. The molecule has 0 spiro atoms. The van der Waals surface area contributed by atoms with Crippen molar-refractivity contribution < 1.29 is 9.72 Å². The molecular weight excluding hydrogens is 334 g/mol. The van der Waals surface area contributed by atoms with E-state index >= 15 is 0 Å². The first-order valence-corrected chi connectivity index (χ1v) is 8.50. The highest BCUT2D eigenvalue weighted by Crippen LogP contribution is 2.25. The number of nitro groups is 1. The number of rotatable bonds is 7. The highest BCUT2D eigenvalue weighted by Gasteiger charge is 2.21. The molecule has 0 bridgehead atoms. The molecule has 8 nitrogen and oxygen atoms in total. The van der Waals surface area contributed by atoms with Crippen LogP contribution in [0.1, 0.15) is 30.6 Å². The molecule has 8 heteroatoms. The molecule has 0 aliphatic rings. The number of non-ortho nitro benzene ring substituents is 1. The maximum Gasteiger partial charge on any atom is 0.269 e. The van der Waals surface area contributed by atoms with Gasteiger partial charge in [0, 0.05) is 50.6 Å². The summed E-state index contributed by atoms with van der Waals surface area (Å²) in [6, 6.07) is 6.05. The van der Waals surface area contributed by atoms with Crippen LogP contribution in [0.3, 0.4) is 0 Å². The van der Waals surface area contributed by atoms with Crippen molar-refractivity contribution >= 4 is 11.6 Å². The summed E-state index contributed by atoms with van der Waals surface area (Å²) in [5, 5.41) is 15.2. The van der Waals surface area contributed by atoms with Crippen molar-refractivity contribution in [3.8, 4) is 11.3 Å². The molecule has 140 valence electrons. The zero-order chi connectivity index (χ0) is 19.4. The molecule has 0 radical (unpaired) electrons. The number of nitrogens with two attached hydrogens (primary N) is 1. The number of nitrogens with zero attached hydrogens (tertiary/aromatic N) is 4. The van der Waals surface area contributed by atoms with Gasteiger partial charge in [0.2, 0.25) is 0 Å². The average molecular weight is 359 g/mol. The minimum atomic E-state index is -0.458. The summed E-state index contributed by atoms with van der Waals surface area (Å²) >= 11 is 0. The van der Waals surface area contributed by atoms with Crippen LogP contribution in [-0.2, 0) is 7.05 Å². The summed E-state index contributed by atoms with van der Waals surface area (Å²) in [6.07, 6.45) is 2.38. The average Bonchev–Trinajstić information content (AvgIpc) is 3.00. The predicted octanol–water partition coefficient (Wildman–Crippen LogP) is 2.44. The number of hydrogen-bond donors (Lipinski definition) is 1. The minimum absolute atomic E-state index is 0.00245. The lowest BCUT2D eigenvalue weighted by Gasteiger charge is -2.21. The van der Waals surface area contributed by atoms with Crippen molar-refractivity contribution in [1.82, 2.24) is 14.7 Å². The molecule has 1 unspecified atom stereocenters. The highest BCUT2D eigenvalue weighted by molar-refractivity contribution is 5.99. The van der Waals surface area contributed by atoms with E-state index in [-0.39, 0.29) is 17.6 Å². The third kappa shape index (κ3) is 4.45. The predicted molar refractivity (Wildman–Crippen MR) is 99.7 cm³/mol. The Kier molecular flexibility index (Phi) is 6.10. The SMILES string of the molecule is CC(C)C(N)CCN(C)C(=O)c1cn(C)nc1-c1ccc([N+](=O)[O-])cc1. The normalized spacial score (nSPS) is 12.2. The van der Waals surface area contributed by atoms with Crippen molar-refractivity contribution in [2.24, 2.45) is 18.7 Å². The number of hydrogen-bond acceptors (Lipinski definition) is 5. The third-order valence-corrected chi connectivity index (χ3v) is 4.41. The number of nitro benzene ring substituents is 1. The summed E-state index contributed by atoms with van der Waals surface area (Å²) < 4.78 is 1.57. The van der Waals surface area contributed by atoms with E-state index in [1.165, 1.54) is 12.1 Å². The molecule has 0 aliphatic carbocycles. The van der Waals surface area contributed by atoms with Crippen LogP contribution in [0.2, 0.25) is 0 Å². The van der Waals surface area contributed by atoms with E-state index in [0.717, 1.165) is 0 Å². The second-order valence-electron chi connectivity index (χ2n) is 6.79. The molecule has 2 rings (SSSR count). The van der Waals surface area contributed by atoms with Crippen LogP contribution >= 0.6 is 0 Å². The van der Waals surface area contributed by atoms with Gasteiger partial charge < -0.3 is 10.6 Å². The van der Waals surface area contributed by atoms with Crippen LogP contribution in [0.15, 0.2) is 30.5 Å². The van der Waals surface area contributed by atoms with Crippen molar-refractivity contribution in [2.75, 3.05) is 13.6 Å². The van der Waals surface area contributed by atoms with Gasteiger partial charge in [0.05, 0.1) is 10.5 Å². The fourth-order valence-electron chi connectivity index (χ4n) is 2.58. The second-order valence-corrected chi connectivity index (χ2v) is 6.79. The standard InChI is InChI=1S/C18H25N5O3/c1-12(2)16(19)9-10-21(3)18(24)15-11-22(4)20-17(15)13-5-7-14(8-6-13)23(25)26/h5-8,11-12,16H,9-10,19H2,1-4H3. The molecule has 0 aliphatic heterocycles. The van der Waals surface area contributed by atoms with E-state index < -0.39 is 4.92 Å². The molecule has 0 saturated heterocycles. The molecule has 1 amide bonds. The minimum Gasteiger partial charge on any atom is -0.342 e. The first-order chi connectivity index (χ1) is 12.2. The molecular formula is C18H25N5O3. The third-order valence-electron chi connectivity index (χ3n) is 4.41. The first-order valence-electron chi connectivity index (χ1n) is 8.50. The van der Waals surface area contributed by atoms with Crippen LogP contribution in [0.25, 0.3) is 11.3 Å². The summed E-state index contributed by atoms with van der Waals surface area (Å²) in [6.45, 7) is 4.66. The molecule has 2 N–H and O–H groups in total. The zero-order valence-corrected chi connectivity index (χ0v) is 15.5. The molecule has 26 heavy (non-hydrogen) atoms. The van der Waals surface area contributed by atoms with Crippen molar-refractivity contribution in [1.29, 1.82) is 0 Å². The molecule has 0 saturated carbocycles. The first kappa shape index (κ1) is 19.6. The van der Waals surface area contributed by atoms with Gasteiger partial charge in [-0.2, -0.15) is 5.10 Å². The Bertz CT molecular complexity index is 783. The van der Waals surface area contributed by atoms with E-state index in [1.54, 1.807) is 42.0 Å². The van der Waals surface area contributed by atoms with E-state index in [1.807, 2.05) is 0 Å². The van der Waals surface area contributed by atoms with Crippen molar-refractivity contribution in [2.45, 2.75) is 26.3 Å². The Labute approximate surface area is 152 Å². The smallest absolute Gasteiger partial charge is 0.269 e. The Morgan fingerprint density at radius 3 is 2.50 bits per heavy atom. The van der Waals surface area contributed by atoms with Gasteiger partial charge in [0.1, 0.15) is 5.69 Å². The number of carbonyl (C=O) groups is 1. The summed E-state index contributed by atoms with van der Waals surface area (Å²) in [5.74, 6) is 0.204. The fraction of sp³-hybridized carbons (Fsp3) is 0.444. The maximum absolute atomic E-state index is 12.8. The summed E-state index contributed by atoms with van der Waals surface area (Å²) in [4.78, 5) is 24.8. The Balaban J connectivity index is 2.22. The fourth-order valence-corrected chi connectivity index (χ4v) is 2.58. The monoisotopic (exact) mass is 359 g/mol. The molecule has 1 aromatic carbocycles. The van der Waals surface area contributed by atoms with Crippen LogP contribution in [0.4, 0.5) is 5.69 Å². The van der Waals surface area contributed by atoms with Gasteiger partial charge in [-0.05, 0) is 24.5 Å². The number of aromatic nitrogens is 2. The van der Waals surface area contributed by atoms with Gasteiger partial charge in [-0.1, -0.05) is 13.8 Å². The van der Waals surface area contributed by atoms with Crippen LogP contribution < -0.4 is 5.73 Å². The van der Waals surface area contributed by atoms with Crippen LogP contribution in [-0.4, -0.2) is 45.1 Å². The van der Waals surface area contributed by atoms with Gasteiger partial charge in [-0.25, -0.2) is 0 Å². The number of benzene rings is 1. The number of carbonyl (C=O) groups excluding carboxylic acids is 1. The van der Waals surface area contributed by atoms with Gasteiger partial charge in [-0.3, -0.25) is 19.6 Å². The van der Waals surface area contributed by atoms with E-state index in [9.17, 15) is 14.9 Å². The molecule has 2 aromatic rings. The second kappa shape index (κ2) is 8.09. The number of aryl methyl sites for hydroxylation is 1. The van der Waals surface area contributed by atoms with Gasteiger partial charge in [0.15, 0.2) is 0 Å². The van der Waals surface area contributed by atoms with Gasteiger partial charge >= 0.3 is 0 Å². The lowest BCUT2D eigenvalue weighted by atomic mass is 10.0. The lowest BCUT2D eigenvalue weighted by Crippen LogP contribution is -2.34. The van der Waals surface area contributed by atoms with E-state index in [2.05, 4.69) is 18.9 Å². The lowest BCUT2D eigenvalue weighted by molar-refractivity contribution is -0.384. The number of amides is 1. The van der Waals surface area contributed by atoms with Gasteiger partial charge in [0.25, 0.3) is 11.6 Å². The molecule has 1 heterocycles. The Morgan fingerprint density at radius 1 is 1.35 bits per heavy atom. The maximum atomic E-state index is 12.8. The van der Waals surface area contributed by atoms with Crippen LogP contribution in [0, 0.1) is 16.0 Å². The van der Waals surface area contributed by atoms with Crippen molar-refractivity contribution in [3.05, 3.63) is 46.1 Å². The molecule has 0 fully saturated rings. The Morgan fingerprint density at radius 2 is 1.96 bits per heavy atom. The molecule has 1 aromatic heterocycles. The van der Waals surface area contributed by atoms with Crippen molar-refractivity contribution in [3.63, 3.8) is 0 Å². The summed E-state index contributed by atoms with van der Waals surface area (Å²) in [5.41, 5.74) is 7.68. The van der Waals surface area contributed by atoms with Gasteiger partial charge in [-0.15, -0.1) is 0 Å². The van der Waals surface area contributed by atoms with Crippen LogP contribution in [0.5, 0.6) is 0 Å². The quantitative estimate of drug-likeness (QED) is 0.603. The Hall–Kier alpha value is -2.74. The highest BCUT2D eigenvalue weighted by atomic mass is 16.6. The topological polar surface area (TPSA) is 107 Å².